The van der Waals surface area contributed by atoms with Gasteiger partial charge in [-0.25, -0.2) is 17.9 Å². The normalized spacial score (nSPS) is 10.8. The Morgan fingerprint density at radius 1 is 1.40 bits per heavy atom. The molecular formula is C11H10F3N5O. The van der Waals surface area contributed by atoms with E-state index in [-0.39, 0.29) is 12.1 Å². The van der Waals surface area contributed by atoms with Crippen LogP contribution in [0, 0.1) is 5.82 Å². The third-order valence-electron chi connectivity index (χ3n) is 2.52. The quantitative estimate of drug-likeness (QED) is 0.895. The zero-order valence-corrected chi connectivity index (χ0v) is 10.1. The van der Waals surface area contributed by atoms with Gasteiger partial charge in [0.2, 0.25) is 0 Å². The van der Waals surface area contributed by atoms with E-state index >= 15 is 0 Å². The summed E-state index contributed by atoms with van der Waals surface area (Å²) in [6.45, 7) is 0.568. The molecule has 1 N–H and O–H groups in total. The lowest BCUT2D eigenvalue weighted by atomic mass is 10.1. The van der Waals surface area contributed by atoms with Crippen molar-refractivity contribution >= 4 is 5.91 Å². The lowest BCUT2D eigenvalue weighted by Gasteiger charge is -2.07. The predicted octanol–water partition coefficient (Wildman–Crippen LogP) is 1.18. The average molecular weight is 285 g/mol. The van der Waals surface area contributed by atoms with Gasteiger partial charge in [0.1, 0.15) is 12.1 Å². The van der Waals surface area contributed by atoms with Crippen molar-refractivity contribution in [3.05, 3.63) is 41.5 Å². The number of nitrogens with one attached hydrogen (secondary N) is 1. The molecule has 1 aromatic heterocycles. The van der Waals surface area contributed by atoms with Crippen molar-refractivity contribution in [2.45, 2.75) is 13.0 Å². The zero-order chi connectivity index (χ0) is 14.5. The van der Waals surface area contributed by atoms with Gasteiger partial charge in [0.15, 0.2) is 0 Å². The first-order valence-electron chi connectivity index (χ1n) is 5.64. The molecule has 20 heavy (non-hydrogen) atoms. The Labute approximate surface area is 111 Å². The van der Waals surface area contributed by atoms with Crippen LogP contribution in [0.15, 0.2) is 24.5 Å². The Morgan fingerprint density at radius 3 is 2.80 bits per heavy atom. The highest BCUT2D eigenvalue weighted by Crippen LogP contribution is 2.22. The van der Waals surface area contributed by atoms with Crippen LogP contribution in [0.1, 0.15) is 22.3 Å². The molecule has 0 radical (unpaired) electrons. The first-order valence-corrected chi connectivity index (χ1v) is 5.64. The maximum Gasteiger partial charge on any atom is 0.266 e. The number of rotatable bonds is 5. The van der Waals surface area contributed by atoms with E-state index in [2.05, 4.69) is 20.8 Å². The Hall–Kier alpha value is -2.45. The van der Waals surface area contributed by atoms with Gasteiger partial charge in [-0.1, -0.05) is 0 Å². The van der Waals surface area contributed by atoms with Gasteiger partial charge < -0.3 is 5.32 Å². The molecule has 0 bridgehead atoms. The monoisotopic (exact) mass is 285 g/mol. The Bertz CT molecular complexity index is 588. The second-order valence-corrected chi connectivity index (χ2v) is 3.87. The molecule has 6 nitrogen and oxygen atoms in total. The largest absolute Gasteiger partial charge is 0.350 e. The third kappa shape index (κ3) is 3.31. The zero-order valence-electron chi connectivity index (χ0n) is 10.1. The van der Waals surface area contributed by atoms with Crippen LogP contribution >= 0.6 is 0 Å². The smallest absolute Gasteiger partial charge is 0.266 e. The van der Waals surface area contributed by atoms with Crippen LogP contribution in [0.3, 0.4) is 0 Å². The molecule has 106 valence electrons. The number of hydrogen-bond donors (Lipinski definition) is 1. The van der Waals surface area contributed by atoms with Gasteiger partial charge in [-0.2, -0.15) is 0 Å². The summed E-state index contributed by atoms with van der Waals surface area (Å²) in [5.74, 6) is -1.66. The maximum absolute atomic E-state index is 13.3. The van der Waals surface area contributed by atoms with E-state index in [0.29, 0.717) is 6.54 Å². The fourth-order valence-electron chi connectivity index (χ4n) is 1.51. The fraction of sp³-hybridized carbons (Fsp3) is 0.273. The van der Waals surface area contributed by atoms with Crippen molar-refractivity contribution in [3.8, 4) is 0 Å². The summed E-state index contributed by atoms with van der Waals surface area (Å²) in [5.41, 5.74) is -0.751. The van der Waals surface area contributed by atoms with Gasteiger partial charge in [-0.05, 0) is 28.6 Å². The molecule has 0 saturated heterocycles. The SMILES string of the molecule is O=C(NCCn1cnnn1)c1ccc(C(F)F)c(F)c1. The molecule has 0 unspecified atom stereocenters. The van der Waals surface area contributed by atoms with Crippen LogP contribution < -0.4 is 5.32 Å². The van der Waals surface area contributed by atoms with Crippen LogP contribution in [0.25, 0.3) is 0 Å². The van der Waals surface area contributed by atoms with Crippen molar-refractivity contribution < 1.29 is 18.0 Å². The van der Waals surface area contributed by atoms with Crippen LogP contribution in [0.2, 0.25) is 0 Å². The molecule has 0 aliphatic heterocycles. The molecule has 9 heteroatoms. The number of nitrogens with zero attached hydrogens (tertiary/aromatic N) is 4. The minimum atomic E-state index is -2.91. The number of carbonyl (C=O) groups is 1. The van der Waals surface area contributed by atoms with Crippen molar-refractivity contribution in [3.63, 3.8) is 0 Å². The standard InChI is InChI=1S/C11H10F3N5O/c12-9-5-7(1-2-8(9)10(13)14)11(20)15-3-4-19-6-16-17-18-19/h1-2,5-6,10H,3-4H2,(H,15,20). The molecule has 0 aliphatic rings. The lowest BCUT2D eigenvalue weighted by Crippen LogP contribution is -2.27. The number of hydrogen-bond acceptors (Lipinski definition) is 4. The highest BCUT2D eigenvalue weighted by atomic mass is 19.3. The van der Waals surface area contributed by atoms with E-state index in [1.54, 1.807) is 0 Å². The van der Waals surface area contributed by atoms with E-state index in [1.807, 2.05) is 0 Å². The summed E-state index contributed by atoms with van der Waals surface area (Å²) in [6.07, 6.45) is -1.53. The topological polar surface area (TPSA) is 72.7 Å². The maximum atomic E-state index is 13.3. The predicted molar refractivity (Wildman–Crippen MR) is 61.5 cm³/mol. The van der Waals surface area contributed by atoms with Crippen LogP contribution in [-0.2, 0) is 6.54 Å². The van der Waals surface area contributed by atoms with Gasteiger partial charge in [-0.15, -0.1) is 5.10 Å². The van der Waals surface area contributed by atoms with Gasteiger partial charge in [0.05, 0.1) is 12.1 Å². The van der Waals surface area contributed by atoms with E-state index in [0.717, 1.165) is 18.2 Å². The van der Waals surface area contributed by atoms with Crippen LogP contribution in [0.5, 0.6) is 0 Å². The Kier molecular flexibility index (Phi) is 4.28. The highest BCUT2D eigenvalue weighted by molar-refractivity contribution is 5.94. The van der Waals surface area contributed by atoms with Gasteiger partial charge in [0.25, 0.3) is 12.3 Å². The van der Waals surface area contributed by atoms with E-state index in [1.165, 1.54) is 11.0 Å². The molecule has 0 spiro atoms. The molecule has 1 amide bonds. The lowest BCUT2D eigenvalue weighted by molar-refractivity contribution is 0.0950. The van der Waals surface area contributed by atoms with Crippen LogP contribution in [-0.4, -0.2) is 32.7 Å². The van der Waals surface area contributed by atoms with Gasteiger partial charge >= 0.3 is 0 Å². The van der Waals surface area contributed by atoms with Crippen molar-refractivity contribution in [2.75, 3.05) is 6.54 Å². The molecule has 1 heterocycles. The Morgan fingerprint density at radius 2 is 2.20 bits per heavy atom. The summed E-state index contributed by atoms with van der Waals surface area (Å²) in [5, 5.41) is 12.9. The number of carbonyl (C=O) groups excluding carboxylic acids is 1. The number of halogens is 3. The molecule has 0 aliphatic carbocycles. The number of aromatic nitrogens is 4. The number of tetrazole rings is 1. The first-order chi connectivity index (χ1) is 9.58. The minimum Gasteiger partial charge on any atom is -0.350 e. The number of alkyl halides is 2. The molecule has 1 aromatic carbocycles. The van der Waals surface area contributed by atoms with Crippen molar-refractivity contribution in [1.29, 1.82) is 0 Å². The molecular weight excluding hydrogens is 275 g/mol. The van der Waals surface area contributed by atoms with E-state index < -0.39 is 23.7 Å². The third-order valence-corrected chi connectivity index (χ3v) is 2.52. The number of amides is 1. The number of benzene rings is 1. The van der Waals surface area contributed by atoms with E-state index in [4.69, 9.17) is 0 Å². The van der Waals surface area contributed by atoms with E-state index in [9.17, 15) is 18.0 Å². The fourth-order valence-corrected chi connectivity index (χ4v) is 1.51. The van der Waals surface area contributed by atoms with Crippen molar-refractivity contribution in [1.82, 2.24) is 25.5 Å². The summed E-state index contributed by atoms with van der Waals surface area (Å²) < 4.78 is 39.4. The van der Waals surface area contributed by atoms with Crippen molar-refractivity contribution in [2.24, 2.45) is 0 Å². The van der Waals surface area contributed by atoms with Gasteiger partial charge in [-0.3, -0.25) is 4.79 Å². The average Bonchev–Trinajstić information content (AvgIpc) is 2.91. The minimum absolute atomic E-state index is 0.0244. The second kappa shape index (κ2) is 6.13. The molecule has 0 fully saturated rings. The summed E-state index contributed by atoms with van der Waals surface area (Å²) in [6, 6.07) is 2.83. The molecule has 2 rings (SSSR count). The molecule has 2 aromatic rings. The molecule has 0 atom stereocenters. The highest BCUT2D eigenvalue weighted by Gasteiger charge is 2.15. The molecule has 0 saturated carbocycles. The van der Waals surface area contributed by atoms with Crippen LogP contribution in [0.4, 0.5) is 13.2 Å². The summed E-state index contributed by atoms with van der Waals surface area (Å²) in [7, 11) is 0. The van der Waals surface area contributed by atoms with Gasteiger partial charge in [0, 0.05) is 12.1 Å². The summed E-state index contributed by atoms with van der Waals surface area (Å²) in [4.78, 5) is 11.7. The first kappa shape index (κ1) is 14.0. The summed E-state index contributed by atoms with van der Waals surface area (Å²) >= 11 is 0. The second-order valence-electron chi connectivity index (χ2n) is 3.87. The Balaban J connectivity index is 1.94.